The number of halogens is 1. The van der Waals surface area contributed by atoms with Gasteiger partial charge in [0.25, 0.3) is 11.5 Å². The quantitative estimate of drug-likeness (QED) is 0.519. The van der Waals surface area contributed by atoms with Gasteiger partial charge in [0.1, 0.15) is 11.3 Å². The van der Waals surface area contributed by atoms with Gasteiger partial charge in [0, 0.05) is 29.5 Å². The lowest BCUT2D eigenvalue weighted by Gasteiger charge is -2.15. The van der Waals surface area contributed by atoms with E-state index in [0.717, 1.165) is 29.7 Å². The fourth-order valence-corrected chi connectivity index (χ4v) is 4.04. The average molecular weight is 447 g/mol. The molecular weight excluding hydrogens is 428 g/mol. The third kappa shape index (κ3) is 3.69. The van der Waals surface area contributed by atoms with Gasteiger partial charge < -0.3 is 5.32 Å². The summed E-state index contributed by atoms with van der Waals surface area (Å²) < 4.78 is 2.77. The molecule has 9 heteroatoms. The minimum absolute atomic E-state index is 0.00569. The first-order valence-corrected chi connectivity index (χ1v) is 10.5. The first-order valence-electron chi connectivity index (χ1n) is 10.1. The van der Waals surface area contributed by atoms with Gasteiger partial charge in [0.2, 0.25) is 0 Å². The first kappa shape index (κ1) is 20.1. The molecule has 3 heterocycles. The molecule has 0 fully saturated rings. The highest BCUT2D eigenvalue weighted by Gasteiger charge is 2.27. The van der Waals surface area contributed by atoms with Gasteiger partial charge in [-0.05, 0) is 42.7 Å². The number of fused-ring (bicyclic) bond motifs is 1. The van der Waals surface area contributed by atoms with Gasteiger partial charge in [-0.3, -0.25) is 19.3 Å². The highest BCUT2D eigenvalue weighted by Crippen LogP contribution is 2.29. The highest BCUT2D eigenvalue weighted by molar-refractivity contribution is 6.30. The van der Waals surface area contributed by atoms with Crippen LogP contribution in [0.25, 0.3) is 16.9 Å². The summed E-state index contributed by atoms with van der Waals surface area (Å²) in [6.45, 7) is 0. The van der Waals surface area contributed by atoms with E-state index in [0.29, 0.717) is 16.4 Å². The number of aryl methyl sites for hydroxylation is 2. The van der Waals surface area contributed by atoms with Crippen LogP contribution >= 0.6 is 11.6 Å². The molecule has 4 aromatic rings. The molecule has 1 aromatic carbocycles. The Morgan fingerprint density at radius 2 is 2.03 bits per heavy atom. The number of hydrogen-bond acceptors (Lipinski definition) is 5. The smallest absolute Gasteiger partial charge is 0.284 e. The zero-order valence-corrected chi connectivity index (χ0v) is 18.0. The van der Waals surface area contributed by atoms with E-state index in [4.69, 9.17) is 11.6 Å². The number of carbonyl (C=O) groups excluding carboxylic acids is 1. The Bertz CT molecular complexity index is 1380. The zero-order valence-electron chi connectivity index (χ0n) is 17.2. The van der Waals surface area contributed by atoms with E-state index in [1.165, 1.54) is 16.9 Å². The van der Waals surface area contributed by atoms with Crippen molar-refractivity contribution in [2.45, 2.75) is 18.9 Å². The number of aromatic nitrogens is 5. The van der Waals surface area contributed by atoms with Crippen molar-refractivity contribution in [3.05, 3.63) is 93.3 Å². The molecule has 0 spiro atoms. The number of nitrogens with one attached hydrogen (secondary N) is 1. The van der Waals surface area contributed by atoms with Crippen LogP contribution in [0.15, 0.2) is 65.8 Å². The van der Waals surface area contributed by atoms with Crippen LogP contribution in [0.5, 0.6) is 0 Å². The molecule has 0 bridgehead atoms. The molecule has 0 saturated carbocycles. The standard InChI is InChI=1S/C23H19ClN6O2/c1-29-13-16(12-26-29)30-23(32)18(11-21(28-30)14-4-6-15(24)7-5-14)22(31)27-20-9-8-19-17(20)3-2-10-25-19/h2-7,10-13,20H,8-9H2,1H3,(H,27,31)/t20-/m0/s1. The molecule has 8 nitrogen and oxygen atoms in total. The Balaban J connectivity index is 1.57. The van der Waals surface area contributed by atoms with Gasteiger partial charge in [-0.2, -0.15) is 14.9 Å². The maximum Gasteiger partial charge on any atom is 0.284 e. The SMILES string of the molecule is Cn1cc(-n2nc(-c3ccc(Cl)cc3)cc(C(=O)N[C@H]3CCc4ncccc43)c2=O)cn1. The number of rotatable bonds is 4. The van der Waals surface area contributed by atoms with Crippen LogP contribution in [0.3, 0.4) is 0 Å². The summed E-state index contributed by atoms with van der Waals surface area (Å²) in [4.78, 5) is 30.9. The average Bonchev–Trinajstić information content (AvgIpc) is 3.41. The summed E-state index contributed by atoms with van der Waals surface area (Å²) in [5.41, 5.74) is 3.13. The van der Waals surface area contributed by atoms with E-state index in [-0.39, 0.29) is 11.6 Å². The van der Waals surface area contributed by atoms with Crippen molar-refractivity contribution in [1.29, 1.82) is 0 Å². The predicted molar refractivity (Wildman–Crippen MR) is 120 cm³/mol. The van der Waals surface area contributed by atoms with Crippen molar-refractivity contribution in [3.63, 3.8) is 0 Å². The number of nitrogens with zero attached hydrogens (tertiary/aromatic N) is 5. The molecule has 0 radical (unpaired) electrons. The second-order valence-electron chi connectivity index (χ2n) is 7.64. The summed E-state index contributed by atoms with van der Waals surface area (Å²) in [5.74, 6) is -0.452. The van der Waals surface area contributed by atoms with Gasteiger partial charge in [0.15, 0.2) is 0 Å². The number of pyridine rings is 1. The van der Waals surface area contributed by atoms with Crippen molar-refractivity contribution in [3.8, 4) is 16.9 Å². The summed E-state index contributed by atoms with van der Waals surface area (Å²) in [6, 6.07) is 12.2. The Labute approximate surface area is 188 Å². The van der Waals surface area contributed by atoms with Gasteiger partial charge in [0.05, 0.1) is 24.1 Å². The highest BCUT2D eigenvalue weighted by atomic mass is 35.5. The molecule has 0 aliphatic heterocycles. The molecule has 5 rings (SSSR count). The third-order valence-corrected chi connectivity index (χ3v) is 5.76. The van der Waals surface area contributed by atoms with Crippen LogP contribution in [0.2, 0.25) is 5.02 Å². The molecule has 0 unspecified atom stereocenters. The second-order valence-corrected chi connectivity index (χ2v) is 8.08. The minimum atomic E-state index is -0.516. The monoisotopic (exact) mass is 446 g/mol. The number of carbonyl (C=O) groups is 1. The van der Waals surface area contributed by atoms with E-state index in [1.54, 1.807) is 48.4 Å². The lowest BCUT2D eigenvalue weighted by molar-refractivity contribution is 0.0934. The van der Waals surface area contributed by atoms with Crippen LogP contribution in [-0.2, 0) is 13.5 Å². The maximum atomic E-state index is 13.2. The largest absolute Gasteiger partial charge is 0.345 e. The van der Waals surface area contributed by atoms with Crippen LogP contribution in [0.1, 0.15) is 34.1 Å². The summed E-state index contributed by atoms with van der Waals surface area (Å²) in [5, 5.41) is 12.2. The molecule has 32 heavy (non-hydrogen) atoms. The van der Waals surface area contributed by atoms with Crippen molar-refractivity contribution in [2.75, 3.05) is 0 Å². The Morgan fingerprint density at radius 3 is 2.78 bits per heavy atom. The van der Waals surface area contributed by atoms with Crippen molar-refractivity contribution < 1.29 is 4.79 Å². The fraction of sp³-hybridized carbons (Fsp3) is 0.174. The van der Waals surface area contributed by atoms with E-state index in [2.05, 4.69) is 20.5 Å². The molecule has 1 aliphatic carbocycles. The molecule has 3 aromatic heterocycles. The summed E-state index contributed by atoms with van der Waals surface area (Å²) in [6.07, 6.45) is 6.47. The zero-order chi connectivity index (χ0) is 22.2. The van der Waals surface area contributed by atoms with Crippen molar-refractivity contribution >= 4 is 17.5 Å². The van der Waals surface area contributed by atoms with Crippen LogP contribution in [0.4, 0.5) is 0 Å². The Kier molecular flexibility index (Phi) is 5.07. The molecule has 1 aliphatic rings. The maximum absolute atomic E-state index is 13.2. The molecule has 0 saturated heterocycles. The normalized spacial score (nSPS) is 14.9. The summed E-state index contributed by atoms with van der Waals surface area (Å²) >= 11 is 6.02. The van der Waals surface area contributed by atoms with Crippen LogP contribution < -0.4 is 10.9 Å². The Morgan fingerprint density at radius 1 is 1.22 bits per heavy atom. The molecule has 1 N–H and O–H groups in total. The lowest BCUT2D eigenvalue weighted by atomic mass is 10.1. The fourth-order valence-electron chi connectivity index (χ4n) is 3.91. The van der Waals surface area contributed by atoms with E-state index in [1.807, 2.05) is 12.1 Å². The molecule has 1 amide bonds. The molecule has 1 atom stereocenters. The van der Waals surface area contributed by atoms with E-state index >= 15 is 0 Å². The van der Waals surface area contributed by atoms with Gasteiger partial charge >= 0.3 is 0 Å². The predicted octanol–water partition coefficient (Wildman–Crippen LogP) is 3.10. The topological polar surface area (TPSA) is 94.7 Å². The molecule has 160 valence electrons. The van der Waals surface area contributed by atoms with Crippen LogP contribution in [-0.4, -0.2) is 30.5 Å². The van der Waals surface area contributed by atoms with Crippen molar-refractivity contribution in [2.24, 2.45) is 7.05 Å². The van der Waals surface area contributed by atoms with Gasteiger partial charge in [-0.25, -0.2) is 0 Å². The minimum Gasteiger partial charge on any atom is -0.345 e. The number of amides is 1. The van der Waals surface area contributed by atoms with Gasteiger partial charge in [-0.15, -0.1) is 0 Å². The van der Waals surface area contributed by atoms with Gasteiger partial charge in [-0.1, -0.05) is 29.8 Å². The number of hydrogen-bond donors (Lipinski definition) is 1. The summed E-state index contributed by atoms with van der Waals surface area (Å²) in [7, 11) is 1.75. The van der Waals surface area contributed by atoms with Crippen LogP contribution in [0, 0.1) is 0 Å². The van der Waals surface area contributed by atoms with E-state index in [9.17, 15) is 9.59 Å². The second kappa shape index (κ2) is 8.05. The molecular formula is C23H19ClN6O2. The first-order chi connectivity index (χ1) is 15.5. The lowest BCUT2D eigenvalue weighted by Crippen LogP contribution is -2.35. The Hall–Kier alpha value is -3.78. The number of benzene rings is 1. The third-order valence-electron chi connectivity index (χ3n) is 5.51. The van der Waals surface area contributed by atoms with Crippen molar-refractivity contribution in [1.82, 2.24) is 29.9 Å². The van der Waals surface area contributed by atoms with E-state index < -0.39 is 11.5 Å².